The maximum atomic E-state index is 10.9. The lowest BCUT2D eigenvalue weighted by molar-refractivity contribution is -0.386. The molecule has 21 heavy (non-hydrogen) atoms. The molecule has 0 aliphatic carbocycles. The van der Waals surface area contributed by atoms with E-state index in [1.54, 1.807) is 0 Å². The summed E-state index contributed by atoms with van der Waals surface area (Å²) in [7, 11) is 0. The average Bonchev–Trinajstić information content (AvgIpc) is 2.47. The SMILES string of the molecule is N#Cc1ccc([N+](=O)[O-])c(Oc2cccc([N+](=O)[O-])c2)c1. The molecule has 2 aromatic rings. The van der Waals surface area contributed by atoms with E-state index in [4.69, 9.17) is 10.00 Å². The Balaban J connectivity index is 2.43. The number of benzene rings is 2. The number of nitro benzene ring substituents is 2. The second kappa shape index (κ2) is 5.66. The van der Waals surface area contributed by atoms with Gasteiger partial charge < -0.3 is 4.74 Å². The Bertz CT molecular complexity index is 767. The zero-order chi connectivity index (χ0) is 15.4. The first-order valence-electron chi connectivity index (χ1n) is 5.62. The van der Waals surface area contributed by atoms with Crippen LogP contribution >= 0.6 is 0 Å². The molecular formula is C13H7N3O5. The molecule has 104 valence electrons. The average molecular weight is 285 g/mol. The van der Waals surface area contributed by atoms with E-state index in [1.807, 2.05) is 6.07 Å². The summed E-state index contributed by atoms with van der Waals surface area (Å²) in [5, 5.41) is 30.4. The largest absolute Gasteiger partial charge is 0.450 e. The topological polar surface area (TPSA) is 119 Å². The minimum absolute atomic E-state index is 0.0717. The Hall–Kier alpha value is -3.47. The number of nitriles is 1. The minimum atomic E-state index is -0.659. The van der Waals surface area contributed by atoms with Crippen molar-refractivity contribution in [2.24, 2.45) is 0 Å². The van der Waals surface area contributed by atoms with E-state index in [9.17, 15) is 20.2 Å². The van der Waals surface area contributed by atoms with Gasteiger partial charge in [0.15, 0.2) is 0 Å². The van der Waals surface area contributed by atoms with Gasteiger partial charge in [0.25, 0.3) is 5.69 Å². The number of rotatable bonds is 4. The van der Waals surface area contributed by atoms with E-state index in [0.717, 1.165) is 12.1 Å². The molecule has 2 rings (SSSR count). The fourth-order valence-electron chi connectivity index (χ4n) is 1.60. The van der Waals surface area contributed by atoms with Crippen LogP contribution in [0.4, 0.5) is 11.4 Å². The zero-order valence-corrected chi connectivity index (χ0v) is 10.4. The Kier molecular flexibility index (Phi) is 3.76. The lowest BCUT2D eigenvalue weighted by Crippen LogP contribution is -1.95. The van der Waals surface area contributed by atoms with Gasteiger partial charge >= 0.3 is 5.69 Å². The fourth-order valence-corrected chi connectivity index (χ4v) is 1.60. The third-order valence-corrected chi connectivity index (χ3v) is 2.54. The number of hydrogen-bond acceptors (Lipinski definition) is 6. The molecule has 0 aromatic heterocycles. The number of nitro groups is 2. The van der Waals surface area contributed by atoms with Gasteiger partial charge in [0.05, 0.1) is 27.5 Å². The standard InChI is InChI=1S/C13H7N3O5/c14-8-9-4-5-12(16(19)20)13(6-9)21-11-3-1-2-10(7-11)15(17)18/h1-7H. The molecule has 0 amide bonds. The number of hydrogen-bond donors (Lipinski definition) is 0. The molecule has 0 aliphatic heterocycles. The summed E-state index contributed by atoms with van der Waals surface area (Å²) in [5.41, 5.74) is -0.354. The van der Waals surface area contributed by atoms with Crippen molar-refractivity contribution in [3.8, 4) is 17.6 Å². The highest BCUT2D eigenvalue weighted by Gasteiger charge is 2.17. The van der Waals surface area contributed by atoms with E-state index in [2.05, 4.69) is 0 Å². The van der Waals surface area contributed by atoms with Crippen molar-refractivity contribution in [1.29, 1.82) is 5.26 Å². The molecule has 0 N–H and O–H groups in total. The third-order valence-electron chi connectivity index (χ3n) is 2.54. The molecule has 0 heterocycles. The van der Waals surface area contributed by atoms with Crippen molar-refractivity contribution in [3.63, 3.8) is 0 Å². The highest BCUT2D eigenvalue weighted by atomic mass is 16.6. The second-order valence-electron chi connectivity index (χ2n) is 3.91. The number of non-ortho nitro benzene ring substituents is 1. The van der Waals surface area contributed by atoms with Gasteiger partial charge in [0.1, 0.15) is 5.75 Å². The molecule has 0 atom stereocenters. The molecule has 0 spiro atoms. The summed E-state index contributed by atoms with van der Waals surface area (Å²) in [6, 6.07) is 10.7. The first-order chi connectivity index (χ1) is 10.0. The second-order valence-corrected chi connectivity index (χ2v) is 3.91. The van der Waals surface area contributed by atoms with E-state index >= 15 is 0 Å². The van der Waals surface area contributed by atoms with E-state index in [1.165, 1.54) is 30.3 Å². The predicted molar refractivity (Wildman–Crippen MR) is 71.0 cm³/mol. The molecule has 0 aliphatic rings. The van der Waals surface area contributed by atoms with Gasteiger partial charge in [-0.3, -0.25) is 20.2 Å². The van der Waals surface area contributed by atoms with Gasteiger partial charge in [0, 0.05) is 18.2 Å². The zero-order valence-electron chi connectivity index (χ0n) is 10.4. The summed E-state index contributed by atoms with van der Waals surface area (Å²) in [6.07, 6.45) is 0. The molecular weight excluding hydrogens is 278 g/mol. The van der Waals surface area contributed by atoms with Gasteiger partial charge in [-0.1, -0.05) is 6.07 Å². The van der Waals surface area contributed by atoms with E-state index < -0.39 is 9.85 Å². The Labute approximate surface area is 118 Å². The van der Waals surface area contributed by atoms with Crippen molar-refractivity contribution in [2.45, 2.75) is 0 Å². The highest BCUT2D eigenvalue weighted by Crippen LogP contribution is 2.33. The Morgan fingerprint density at radius 2 is 1.81 bits per heavy atom. The van der Waals surface area contributed by atoms with Crippen LogP contribution in [0.5, 0.6) is 11.5 Å². The normalized spacial score (nSPS) is 9.67. The summed E-state index contributed by atoms with van der Waals surface area (Å²) in [4.78, 5) is 20.3. The van der Waals surface area contributed by atoms with Crippen LogP contribution in [0.15, 0.2) is 42.5 Å². The van der Waals surface area contributed by atoms with Crippen LogP contribution in [0.3, 0.4) is 0 Å². The Morgan fingerprint density at radius 3 is 2.43 bits per heavy atom. The van der Waals surface area contributed by atoms with Crippen molar-refractivity contribution < 1.29 is 14.6 Å². The van der Waals surface area contributed by atoms with Crippen LogP contribution in [0, 0.1) is 31.6 Å². The third kappa shape index (κ3) is 3.10. The monoisotopic (exact) mass is 285 g/mol. The number of ether oxygens (including phenoxy) is 1. The van der Waals surface area contributed by atoms with E-state index in [0.29, 0.717) is 0 Å². The fraction of sp³-hybridized carbons (Fsp3) is 0. The maximum Gasteiger partial charge on any atom is 0.311 e. The summed E-state index contributed by atoms with van der Waals surface area (Å²) < 4.78 is 5.31. The van der Waals surface area contributed by atoms with E-state index in [-0.39, 0.29) is 28.4 Å². The van der Waals surface area contributed by atoms with Crippen LogP contribution in [-0.4, -0.2) is 9.85 Å². The quantitative estimate of drug-likeness (QED) is 0.628. The molecule has 2 aromatic carbocycles. The molecule has 0 bridgehead atoms. The summed E-state index contributed by atoms with van der Waals surface area (Å²) in [6.45, 7) is 0. The molecule has 0 fully saturated rings. The number of nitrogens with zero attached hydrogens (tertiary/aromatic N) is 3. The van der Waals surface area contributed by atoms with Gasteiger partial charge in [-0.25, -0.2) is 0 Å². The first-order valence-corrected chi connectivity index (χ1v) is 5.62. The van der Waals surface area contributed by atoms with Crippen LogP contribution in [0.1, 0.15) is 5.56 Å². The van der Waals surface area contributed by atoms with Gasteiger partial charge in [-0.15, -0.1) is 0 Å². The van der Waals surface area contributed by atoms with Crippen molar-refractivity contribution in [1.82, 2.24) is 0 Å². The van der Waals surface area contributed by atoms with Crippen molar-refractivity contribution >= 4 is 11.4 Å². The molecule has 0 radical (unpaired) electrons. The Morgan fingerprint density at radius 1 is 1.05 bits per heavy atom. The summed E-state index contributed by atoms with van der Waals surface area (Å²) in [5.74, 6) is -0.0815. The maximum absolute atomic E-state index is 10.9. The smallest absolute Gasteiger partial charge is 0.311 e. The van der Waals surface area contributed by atoms with Gasteiger partial charge in [-0.2, -0.15) is 5.26 Å². The lowest BCUT2D eigenvalue weighted by Gasteiger charge is -2.06. The van der Waals surface area contributed by atoms with Crippen molar-refractivity contribution in [2.75, 3.05) is 0 Å². The molecule has 0 saturated carbocycles. The lowest BCUT2D eigenvalue weighted by atomic mass is 10.2. The molecule has 8 nitrogen and oxygen atoms in total. The first kappa shape index (κ1) is 14.0. The van der Waals surface area contributed by atoms with Gasteiger partial charge in [-0.05, 0) is 12.1 Å². The summed E-state index contributed by atoms with van der Waals surface area (Å²) >= 11 is 0. The molecule has 0 saturated heterocycles. The van der Waals surface area contributed by atoms with Crippen LogP contribution in [0.25, 0.3) is 0 Å². The van der Waals surface area contributed by atoms with Crippen LogP contribution < -0.4 is 4.74 Å². The van der Waals surface area contributed by atoms with Crippen molar-refractivity contribution in [3.05, 3.63) is 68.3 Å². The molecule has 8 heteroatoms. The minimum Gasteiger partial charge on any atom is -0.450 e. The highest BCUT2D eigenvalue weighted by molar-refractivity contribution is 5.53. The van der Waals surface area contributed by atoms with Crippen LogP contribution in [-0.2, 0) is 0 Å². The molecule has 0 unspecified atom stereocenters. The van der Waals surface area contributed by atoms with Gasteiger partial charge in [0.2, 0.25) is 5.75 Å². The van der Waals surface area contributed by atoms with Crippen LogP contribution in [0.2, 0.25) is 0 Å². The predicted octanol–water partition coefficient (Wildman–Crippen LogP) is 3.17.